The number of rotatable bonds is 9. The first-order valence-electron chi connectivity index (χ1n) is 12.7. The summed E-state index contributed by atoms with van der Waals surface area (Å²) in [4.78, 5) is 28.0. The van der Waals surface area contributed by atoms with Crippen molar-refractivity contribution in [1.29, 1.82) is 10.8 Å². The molecule has 8 heteroatoms. The fourth-order valence-corrected chi connectivity index (χ4v) is 4.30. The van der Waals surface area contributed by atoms with E-state index < -0.39 is 0 Å². The van der Waals surface area contributed by atoms with Crippen molar-refractivity contribution in [2.45, 2.75) is 46.5 Å². The van der Waals surface area contributed by atoms with E-state index in [9.17, 15) is 9.59 Å². The van der Waals surface area contributed by atoms with Gasteiger partial charge in [-0.15, -0.1) is 0 Å². The predicted molar refractivity (Wildman–Crippen MR) is 152 cm³/mol. The van der Waals surface area contributed by atoms with Gasteiger partial charge in [0.15, 0.2) is 0 Å². The Labute approximate surface area is 218 Å². The van der Waals surface area contributed by atoms with Gasteiger partial charge in [-0.2, -0.15) is 0 Å². The lowest BCUT2D eigenvalue weighted by atomic mass is 9.89. The van der Waals surface area contributed by atoms with Crippen LogP contribution >= 0.6 is 0 Å². The lowest BCUT2D eigenvalue weighted by Gasteiger charge is -2.28. The number of hydrogen-bond acceptors (Lipinski definition) is 5. The monoisotopic (exact) mass is 500 g/mol. The van der Waals surface area contributed by atoms with Crippen LogP contribution in [0.25, 0.3) is 21.9 Å². The molecule has 4 rings (SSSR count). The molecule has 1 aliphatic heterocycles. The summed E-state index contributed by atoms with van der Waals surface area (Å²) in [5, 5.41) is 19.0. The number of hydrogen-bond donors (Lipinski definition) is 5. The molecule has 1 heterocycles. The number of anilines is 1. The number of nitrogens with two attached hydrogens (primary N) is 2. The molecular formula is C29H36N6O2. The Morgan fingerprint density at radius 1 is 0.865 bits per heavy atom. The first-order chi connectivity index (χ1) is 17.7. The van der Waals surface area contributed by atoms with E-state index >= 15 is 0 Å². The maximum atomic E-state index is 13.5. The Balaban J connectivity index is 0.000000886. The van der Waals surface area contributed by atoms with Gasteiger partial charge in [-0.3, -0.25) is 25.3 Å². The van der Waals surface area contributed by atoms with Crippen LogP contribution in [0, 0.1) is 10.8 Å². The Morgan fingerprint density at radius 3 is 2.08 bits per heavy atom. The van der Waals surface area contributed by atoms with Crippen molar-refractivity contribution in [3.05, 3.63) is 65.2 Å². The van der Waals surface area contributed by atoms with E-state index in [1.807, 2.05) is 55.5 Å². The van der Waals surface area contributed by atoms with Crippen LogP contribution in [0.15, 0.2) is 48.5 Å². The van der Waals surface area contributed by atoms with Gasteiger partial charge in [0.2, 0.25) is 0 Å². The molecule has 0 bridgehead atoms. The van der Waals surface area contributed by atoms with Crippen LogP contribution in [0.3, 0.4) is 0 Å². The van der Waals surface area contributed by atoms with Gasteiger partial charge in [-0.05, 0) is 55.2 Å². The summed E-state index contributed by atoms with van der Waals surface area (Å²) < 4.78 is 0. The number of imide groups is 1. The summed E-state index contributed by atoms with van der Waals surface area (Å²) >= 11 is 0. The molecule has 194 valence electrons. The second kappa shape index (κ2) is 12.2. The van der Waals surface area contributed by atoms with Crippen molar-refractivity contribution >= 4 is 39.9 Å². The van der Waals surface area contributed by atoms with Gasteiger partial charge in [0, 0.05) is 46.2 Å². The summed E-state index contributed by atoms with van der Waals surface area (Å²) in [7, 11) is 0. The van der Waals surface area contributed by atoms with Gasteiger partial charge in [0.25, 0.3) is 11.8 Å². The Morgan fingerprint density at radius 2 is 1.49 bits per heavy atom. The Kier molecular flexibility index (Phi) is 9.00. The first-order valence-corrected chi connectivity index (χ1v) is 12.7. The van der Waals surface area contributed by atoms with E-state index in [1.165, 1.54) is 11.8 Å². The highest BCUT2D eigenvalue weighted by molar-refractivity contribution is 6.27. The SMILES string of the molecule is CC(=N)N.CCCCNc1ccc2c3c(cc(-c4ccc(C(=N)N)cc4)cc13)C(=O)N(CCCC)C2=O. The third kappa shape index (κ3) is 6.14. The van der Waals surface area contributed by atoms with Crippen molar-refractivity contribution in [2.24, 2.45) is 11.5 Å². The molecule has 0 unspecified atom stereocenters. The topological polar surface area (TPSA) is 149 Å². The quantitative estimate of drug-likeness (QED) is 0.116. The third-order valence-corrected chi connectivity index (χ3v) is 6.18. The summed E-state index contributed by atoms with van der Waals surface area (Å²) in [6.07, 6.45) is 3.79. The average Bonchev–Trinajstić information content (AvgIpc) is 2.87. The van der Waals surface area contributed by atoms with Crippen molar-refractivity contribution in [1.82, 2.24) is 4.90 Å². The minimum Gasteiger partial charge on any atom is -0.388 e. The zero-order chi connectivity index (χ0) is 27.1. The molecule has 0 aromatic heterocycles. The number of nitrogens with one attached hydrogen (secondary N) is 3. The normalized spacial score (nSPS) is 12.2. The standard InChI is InChI=1S/C27H30N4O2.C2H6N2/c1-3-5-13-30-23-12-11-20-24-21(23)15-19(17-7-9-18(10-8-17)25(28)29)16-22(24)27(33)31(26(20)32)14-6-4-2;1-2(3)4/h7-12,15-16,30H,3-6,13-14H2,1-2H3,(H3,28,29);1H3,(H3,3,4). The third-order valence-electron chi connectivity index (χ3n) is 6.18. The summed E-state index contributed by atoms with van der Waals surface area (Å²) in [5.41, 5.74) is 14.8. The molecule has 37 heavy (non-hydrogen) atoms. The van der Waals surface area contributed by atoms with Gasteiger partial charge in [0.1, 0.15) is 5.84 Å². The van der Waals surface area contributed by atoms with Crippen LogP contribution in [-0.4, -0.2) is 41.5 Å². The van der Waals surface area contributed by atoms with E-state index in [0.717, 1.165) is 59.8 Å². The maximum Gasteiger partial charge on any atom is 0.261 e. The molecule has 0 radical (unpaired) electrons. The van der Waals surface area contributed by atoms with E-state index in [1.54, 1.807) is 0 Å². The molecule has 8 nitrogen and oxygen atoms in total. The lowest BCUT2D eigenvalue weighted by molar-refractivity contribution is 0.0608. The van der Waals surface area contributed by atoms with Crippen LogP contribution in [0.1, 0.15) is 72.7 Å². The fraction of sp³-hybridized carbons (Fsp3) is 0.310. The van der Waals surface area contributed by atoms with Crippen LogP contribution in [0.4, 0.5) is 5.69 Å². The number of carbonyl (C=O) groups excluding carboxylic acids is 2. The Bertz CT molecular complexity index is 1330. The highest BCUT2D eigenvalue weighted by Crippen LogP contribution is 2.38. The zero-order valence-corrected chi connectivity index (χ0v) is 21.8. The second-order valence-electron chi connectivity index (χ2n) is 9.18. The van der Waals surface area contributed by atoms with Gasteiger partial charge in [-0.25, -0.2) is 0 Å². The molecule has 1 aliphatic rings. The molecule has 3 aromatic carbocycles. The summed E-state index contributed by atoms with van der Waals surface area (Å²) in [5.74, 6) is -0.272. The van der Waals surface area contributed by atoms with Crippen LogP contribution in [0.5, 0.6) is 0 Å². The molecule has 3 aromatic rings. The number of benzene rings is 3. The average molecular weight is 501 g/mol. The highest BCUT2D eigenvalue weighted by atomic mass is 16.2. The zero-order valence-electron chi connectivity index (χ0n) is 21.8. The largest absolute Gasteiger partial charge is 0.388 e. The van der Waals surface area contributed by atoms with E-state index in [4.69, 9.17) is 22.3 Å². The van der Waals surface area contributed by atoms with Gasteiger partial charge >= 0.3 is 0 Å². The van der Waals surface area contributed by atoms with Crippen molar-refractivity contribution in [3.63, 3.8) is 0 Å². The molecule has 0 spiro atoms. The number of amides is 2. The maximum absolute atomic E-state index is 13.5. The number of nitrogens with zero attached hydrogens (tertiary/aromatic N) is 1. The molecule has 0 atom stereocenters. The molecule has 0 saturated carbocycles. The fourth-order valence-electron chi connectivity index (χ4n) is 4.30. The van der Waals surface area contributed by atoms with Crippen LogP contribution < -0.4 is 16.8 Å². The van der Waals surface area contributed by atoms with Crippen molar-refractivity contribution in [2.75, 3.05) is 18.4 Å². The van der Waals surface area contributed by atoms with Crippen molar-refractivity contribution < 1.29 is 9.59 Å². The van der Waals surface area contributed by atoms with Crippen molar-refractivity contribution in [3.8, 4) is 11.1 Å². The number of amidine groups is 2. The Hall–Kier alpha value is -4.20. The predicted octanol–water partition coefficient (Wildman–Crippen LogP) is 5.34. The van der Waals surface area contributed by atoms with Gasteiger partial charge in [0.05, 0.1) is 5.84 Å². The summed E-state index contributed by atoms with van der Waals surface area (Å²) in [6, 6.07) is 15.2. The number of nitrogen functional groups attached to an aromatic ring is 1. The molecule has 7 N–H and O–H groups in total. The minimum absolute atomic E-state index is 0.0162. The number of unbranched alkanes of at least 4 members (excludes halogenated alkanes) is 2. The van der Waals surface area contributed by atoms with E-state index in [-0.39, 0.29) is 23.5 Å². The molecule has 0 saturated heterocycles. The molecule has 0 aliphatic carbocycles. The molecular weight excluding hydrogens is 464 g/mol. The highest BCUT2D eigenvalue weighted by Gasteiger charge is 2.33. The lowest BCUT2D eigenvalue weighted by Crippen LogP contribution is -2.40. The van der Waals surface area contributed by atoms with E-state index in [0.29, 0.717) is 23.2 Å². The smallest absolute Gasteiger partial charge is 0.261 e. The minimum atomic E-state index is -0.237. The van der Waals surface area contributed by atoms with E-state index in [2.05, 4.69) is 12.2 Å². The van der Waals surface area contributed by atoms with Gasteiger partial charge in [-0.1, -0.05) is 51.0 Å². The van der Waals surface area contributed by atoms with Gasteiger partial charge < -0.3 is 16.8 Å². The summed E-state index contributed by atoms with van der Waals surface area (Å²) in [6.45, 7) is 6.96. The second-order valence-corrected chi connectivity index (χ2v) is 9.18. The molecule has 2 amide bonds. The molecule has 0 fully saturated rings. The number of carbonyl (C=O) groups is 2. The van der Waals surface area contributed by atoms with Crippen LogP contribution in [0.2, 0.25) is 0 Å². The first kappa shape index (κ1) is 27.4. The van der Waals surface area contributed by atoms with Crippen LogP contribution in [-0.2, 0) is 0 Å².